The molecule has 0 unspecified atom stereocenters. The van der Waals surface area contributed by atoms with Crippen molar-refractivity contribution in [2.75, 3.05) is 17.6 Å². The number of anilines is 2. The Hall–Kier alpha value is -2.82. The van der Waals surface area contributed by atoms with E-state index in [4.69, 9.17) is 10.2 Å². The number of nitrogens with one attached hydrogen (secondary N) is 1. The molecule has 5 nitrogen and oxygen atoms in total. The molecule has 3 N–H and O–H groups in total. The molecule has 5 heteroatoms. The molecule has 3 aromatic rings. The van der Waals surface area contributed by atoms with Crippen LogP contribution in [-0.2, 0) is 12.8 Å². The number of hydrogen-bond acceptors (Lipinski definition) is 5. The molecule has 0 aliphatic rings. The molecule has 0 aliphatic heterocycles. The highest BCUT2D eigenvalue weighted by Gasteiger charge is 2.06. The van der Waals surface area contributed by atoms with E-state index in [1.54, 1.807) is 12.5 Å². The van der Waals surface area contributed by atoms with Gasteiger partial charge < -0.3 is 15.5 Å². The van der Waals surface area contributed by atoms with Crippen molar-refractivity contribution in [3.8, 4) is 0 Å². The van der Waals surface area contributed by atoms with E-state index in [1.807, 2.05) is 30.3 Å². The summed E-state index contributed by atoms with van der Waals surface area (Å²) in [6.07, 6.45) is 4.91. The maximum absolute atomic E-state index is 5.99. The number of nitrogens with zero attached hydrogens (tertiary/aromatic N) is 2. The molecule has 0 amide bonds. The van der Waals surface area contributed by atoms with Crippen molar-refractivity contribution in [3.05, 3.63) is 71.8 Å². The summed E-state index contributed by atoms with van der Waals surface area (Å²) >= 11 is 0. The molecule has 0 saturated carbocycles. The molecule has 2 aromatic heterocycles. The Morgan fingerprint density at radius 2 is 1.95 bits per heavy atom. The van der Waals surface area contributed by atoms with Crippen LogP contribution in [0.5, 0.6) is 0 Å². The second-order valence-corrected chi connectivity index (χ2v) is 5.02. The summed E-state index contributed by atoms with van der Waals surface area (Å²) in [4.78, 5) is 8.61. The van der Waals surface area contributed by atoms with Gasteiger partial charge in [0.15, 0.2) is 0 Å². The summed E-state index contributed by atoms with van der Waals surface area (Å²) in [5, 5.41) is 3.19. The van der Waals surface area contributed by atoms with Crippen LogP contribution >= 0.6 is 0 Å². The molecular weight excluding hydrogens is 276 g/mol. The first-order valence-electron chi connectivity index (χ1n) is 7.23. The maximum Gasteiger partial charge on any atom is 0.224 e. The Bertz CT molecular complexity index is 711. The van der Waals surface area contributed by atoms with E-state index in [9.17, 15) is 0 Å². The summed E-state index contributed by atoms with van der Waals surface area (Å²) in [7, 11) is 0. The van der Waals surface area contributed by atoms with Gasteiger partial charge in [-0.15, -0.1) is 0 Å². The van der Waals surface area contributed by atoms with E-state index in [1.165, 1.54) is 5.56 Å². The number of nitrogens with two attached hydrogens (primary N) is 1. The van der Waals surface area contributed by atoms with Crippen molar-refractivity contribution >= 4 is 11.8 Å². The van der Waals surface area contributed by atoms with Crippen molar-refractivity contribution in [1.29, 1.82) is 0 Å². The molecule has 3 rings (SSSR count). The van der Waals surface area contributed by atoms with E-state index >= 15 is 0 Å². The zero-order chi connectivity index (χ0) is 15.2. The fourth-order valence-corrected chi connectivity index (χ4v) is 2.21. The standard InChI is InChI=1S/C17H18N4O/c18-16-14(11-15-7-4-10-22-15)12-20-17(21-16)19-9-8-13-5-2-1-3-6-13/h1-7,10,12H,8-9,11H2,(H3,18,19,20,21). The quantitative estimate of drug-likeness (QED) is 0.731. The van der Waals surface area contributed by atoms with E-state index in [2.05, 4.69) is 27.4 Å². The lowest BCUT2D eigenvalue weighted by Gasteiger charge is -2.08. The van der Waals surface area contributed by atoms with Gasteiger partial charge in [0.2, 0.25) is 5.95 Å². The second-order valence-electron chi connectivity index (χ2n) is 5.02. The summed E-state index contributed by atoms with van der Waals surface area (Å²) in [5.74, 6) is 1.88. The van der Waals surface area contributed by atoms with Crippen molar-refractivity contribution in [1.82, 2.24) is 9.97 Å². The van der Waals surface area contributed by atoms with E-state index in [-0.39, 0.29) is 0 Å². The third-order valence-electron chi connectivity index (χ3n) is 3.38. The highest BCUT2D eigenvalue weighted by Crippen LogP contribution is 2.15. The van der Waals surface area contributed by atoms with Crippen molar-refractivity contribution in [2.24, 2.45) is 0 Å². The number of nitrogen functional groups attached to an aromatic ring is 1. The van der Waals surface area contributed by atoms with Crippen LogP contribution in [0.2, 0.25) is 0 Å². The van der Waals surface area contributed by atoms with Gasteiger partial charge >= 0.3 is 0 Å². The van der Waals surface area contributed by atoms with Gasteiger partial charge in [0.25, 0.3) is 0 Å². The summed E-state index contributed by atoms with van der Waals surface area (Å²) in [5.41, 5.74) is 8.13. The predicted octanol–water partition coefficient (Wildman–Crippen LogP) is 2.90. The highest BCUT2D eigenvalue weighted by molar-refractivity contribution is 5.44. The fraction of sp³-hybridized carbons (Fsp3) is 0.176. The van der Waals surface area contributed by atoms with Crippen molar-refractivity contribution in [2.45, 2.75) is 12.8 Å². The lowest BCUT2D eigenvalue weighted by molar-refractivity contribution is 0.520. The van der Waals surface area contributed by atoms with Crippen LogP contribution in [0.4, 0.5) is 11.8 Å². The van der Waals surface area contributed by atoms with Crippen LogP contribution in [0.3, 0.4) is 0 Å². The first kappa shape index (κ1) is 14.1. The molecule has 112 valence electrons. The molecule has 0 fully saturated rings. The van der Waals surface area contributed by atoms with E-state index < -0.39 is 0 Å². The lowest BCUT2D eigenvalue weighted by Crippen LogP contribution is -2.10. The number of aromatic nitrogens is 2. The van der Waals surface area contributed by atoms with Crippen LogP contribution in [0.15, 0.2) is 59.3 Å². The molecule has 1 aromatic carbocycles. The highest BCUT2D eigenvalue weighted by atomic mass is 16.3. The Kier molecular flexibility index (Phi) is 4.34. The SMILES string of the molecule is Nc1nc(NCCc2ccccc2)ncc1Cc1ccco1. The second kappa shape index (κ2) is 6.76. The van der Waals surface area contributed by atoms with Gasteiger partial charge in [0.1, 0.15) is 11.6 Å². The molecule has 0 spiro atoms. The third kappa shape index (κ3) is 3.63. The number of hydrogen-bond donors (Lipinski definition) is 2. The van der Waals surface area contributed by atoms with Crippen LogP contribution in [0.1, 0.15) is 16.9 Å². The molecule has 0 radical (unpaired) electrons. The number of benzene rings is 1. The van der Waals surface area contributed by atoms with E-state index in [0.29, 0.717) is 18.2 Å². The minimum atomic E-state index is 0.480. The third-order valence-corrected chi connectivity index (χ3v) is 3.38. The van der Waals surface area contributed by atoms with Gasteiger partial charge in [0.05, 0.1) is 6.26 Å². The van der Waals surface area contributed by atoms with Gasteiger partial charge in [-0.25, -0.2) is 4.98 Å². The monoisotopic (exact) mass is 294 g/mol. The van der Waals surface area contributed by atoms with Gasteiger partial charge in [-0.05, 0) is 24.1 Å². The summed E-state index contributed by atoms with van der Waals surface area (Å²) < 4.78 is 5.31. The Morgan fingerprint density at radius 3 is 2.68 bits per heavy atom. The molecular formula is C17H18N4O. The smallest absolute Gasteiger partial charge is 0.224 e. The van der Waals surface area contributed by atoms with Crippen LogP contribution in [0, 0.1) is 0 Å². The zero-order valence-electron chi connectivity index (χ0n) is 12.2. The van der Waals surface area contributed by atoms with Crippen LogP contribution in [-0.4, -0.2) is 16.5 Å². The molecule has 22 heavy (non-hydrogen) atoms. The van der Waals surface area contributed by atoms with Crippen LogP contribution < -0.4 is 11.1 Å². The minimum absolute atomic E-state index is 0.480. The lowest BCUT2D eigenvalue weighted by atomic mass is 10.1. The largest absolute Gasteiger partial charge is 0.469 e. The van der Waals surface area contributed by atoms with Gasteiger partial charge in [-0.1, -0.05) is 30.3 Å². The summed E-state index contributed by atoms with van der Waals surface area (Å²) in [6.45, 7) is 0.765. The topological polar surface area (TPSA) is 77.0 Å². The predicted molar refractivity (Wildman–Crippen MR) is 86.6 cm³/mol. The fourth-order valence-electron chi connectivity index (χ4n) is 2.21. The van der Waals surface area contributed by atoms with Crippen LogP contribution in [0.25, 0.3) is 0 Å². The van der Waals surface area contributed by atoms with Gasteiger partial charge in [-0.2, -0.15) is 4.98 Å². The number of furan rings is 1. The Labute approximate surface area is 129 Å². The average Bonchev–Trinajstić information content (AvgIpc) is 3.04. The summed E-state index contributed by atoms with van der Waals surface area (Å²) in [6, 6.07) is 14.0. The normalized spacial score (nSPS) is 10.5. The molecule has 0 saturated heterocycles. The molecule has 0 bridgehead atoms. The first-order valence-corrected chi connectivity index (χ1v) is 7.23. The van der Waals surface area contributed by atoms with E-state index in [0.717, 1.165) is 24.3 Å². The molecule has 2 heterocycles. The maximum atomic E-state index is 5.99. The zero-order valence-corrected chi connectivity index (χ0v) is 12.2. The van der Waals surface area contributed by atoms with Crippen molar-refractivity contribution in [3.63, 3.8) is 0 Å². The molecule has 0 aliphatic carbocycles. The average molecular weight is 294 g/mol. The van der Waals surface area contributed by atoms with Crippen molar-refractivity contribution < 1.29 is 4.42 Å². The minimum Gasteiger partial charge on any atom is -0.469 e. The number of rotatable bonds is 6. The van der Waals surface area contributed by atoms with Gasteiger partial charge in [-0.3, -0.25) is 0 Å². The first-order chi connectivity index (χ1) is 10.8. The Balaban J connectivity index is 1.57. The molecule has 0 atom stereocenters. The Morgan fingerprint density at radius 1 is 1.09 bits per heavy atom. The van der Waals surface area contributed by atoms with Gasteiger partial charge in [0, 0.05) is 24.7 Å².